The number of nitrogens with one attached hydrogen (secondary N) is 2. The molecule has 0 aromatic carbocycles. The zero-order valence-electron chi connectivity index (χ0n) is 12.8. The topological polar surface area (TPSA) is 66.5 Å². The molecule has 1 amide bonds. The van der Waals surface area contributed by atoms with E-state index in [4.69, 9.17) is 4.74 Å². The molecule has 2 heterocycles. The van der Waals surface area contributed by atoms with E-state index in [0.717, 1.165) is 38.2 Å². The van der Waals surface area contributed by atoms with Crippen molar-refractivity contribution in [1.29, 1.82) is 0 Å². The number of rotatable bonds is 7. The largest absolute Gasteiger partial charge is 0.382 e. The number of nitrogens with zero attached hydrogens (tertiary/aromatic N) is 2. The van der Waals surface area contributed by atoms with Crippen molar-refractivity contribution in [2.45, 2.75) is 18.9 Å². The lowest BCUT2D eigenvalue weighted by molar-refractivity contribution is 0.0857. The van der Waals surface area contributed by atoms with Gasteiger partial charge in [-0.3, -0.25) is 9.78 Å². The van der Waals surface area contributed by atoms with Crippen molar-refractivity contribution in [3.05, 3.63) is 24.0 Å². The summed E-state index contributed by atoms with van der Waals surface area (Å²) in [5.41, 5.74) is 1.43. The van der Waals surface area contributed by atoms with E-state index >= 15 is 0 Å². The monoisotopic (exact) mass is 292 g/mol. The number of anilines is 1. The number of pyridine rings is 1. The normalized spacial score (nSPS) is 18.0. The Labute approximate surface area is 125 Å². The fraction of sp³-hybridized carbons (Fsp3) is 0.600. The first-order chi connectivity index (χ1) is 10.1. The van der Waals surface area contributed by atoms with Crippen molar-refractivity contribution in [2.75, 3.05) is 45.7 Å². The molecule has 0 radical (unpaired) electrons. The van der Waals surface area contributed by atoms with Crippen LogP contribution in [0.3, 0.4) is 0 Å². The van der Waals surface area contributed by atoms with Gasteiger partial charge in [-0.15, -0.1) is 0 Å². The zero-order chi connectivity index (χ0) is 15.1. The lowest BCUT2D eigenvalue weighted by atomic mass is 10.2. The molecule has 6 heteroatoms. The van der Waals surface area contributed by atoms with Crippen LogP contribution in [0.4, 0.5) is 5.69 Å². The van der Waals surface area contributed by atoms with Gasteiger partial charge in [-0.25, -0.2) is 0 Å². The Hall–Kier alpha value is -1.66. The number of likely N-dealkylation sites (N-methyl/N-ethyl adjacent to an activating group) is 1. The van der Waals surface area contributed by atoms with Gasteiger partial charge in [0, 0.05) is 38.6 Å². The molecule has 1 aliphatic heterocycles. The molecule has 1 unspecified atom stereocenters. The van der Waals surface area contributed by atoms with Gasteiger partial charge < -0.3 is 20.3 Å². The Morgan fingerprint density at radius 3 is 3.05 bits per heavy atom. The average Bonchev–Trinajstić information content (AvgIpc) is 2.98. The molecule has 116 valence electrons. The van der Waals surface area contributed by atoms with Crippen molar-refractivity contribution in [3.8, 4) is 0 Å². The van der Waals surface area contributed by atoms with Crippen LogP contribution in [-0.2, 0) is 4.74 Å². The molecule has 0 spiro atoms. The highest BCUT2D eigenvalue weighted by Crippen LogP contribution is 2.11. The molecular weight excluding hydrogens is 268 g/mol. The number of ether oxygens (including phenoxy) is 1. The molecule has 1 aromatic rings. The Morgan fingerprint density at radius 2 is 2.33 bits per heavy atom. The molecule has 2 N–H and O–H groups in total. The summed E-state index contributed by atoms with van der Waals surface area (Å²) in [5, 5.41) is 6.16. The Morgan fingerprint density at radius 1 is 1.48 bits per heavy atom. The van der Waals surface area contributed by atoms with Crippen LogP contribution in [0, 0.1) is 0 Å². The summed E-state index contributed by atoms with van der Waals surface area (Å²) >= 11 is 0. The third-order valence-corrected chi connectivity index (χ3v) is 3.40. The molecular formula is C15H24N4O2. The molecule has 0 saturated carbocycles. The summed E-state index contributed by atoms with van der Waals surface area (Å²) in [4.78, 5) is 18.3. The van der Waals surface area contributed by atoms with Gasteiger partial charge in [-0.05, 0) is 33.0 Å². The maximum Gasteiger partial charge on any atom is 0.253 e. The smallest absolute Gasteiger partial charge is 0.253 e. The summed E-state index contributed by atoms with van der Waals surface area (Å²) in [7, 11) is 4.05. The molecule has 1 saturated heterocycles. The van der Waals surface area contributed by atoms with E-state index in [1.54, 1.807) is 12.4 Å². The van der Waals surface area contributed by atoms with E-state index in [-0.39, 0.29) is 12.0 Å². The highest BCUT2D eigenvalue weighted by molar-refractivity contribution is 5.94. The van der Waals surface area contributed by atoms with Crippen LogP contribution in [0.2, 0.25) is 0 Å². The predicted molar refractivity (Wildman–Crippen MR) is 82.6 cm³/mol. The van der Waals surface area contributed by atoms with Crippen molar-refractivity contribution in [1.82, 2.24) is 15.2 Å². The van der Waals surface area contributed by atoms with Crippen LogP contribution in [0.15, 0.2) is 18.5 Å². The summed E-state index contributed by atoms with van der Waals surface area (Å²) in [6, 6.07) is 1.83. The summed E-state index contributed by atoms with van der Waals surface area (Å²) in [6.07, 6.45) is 5.57. The second kappa shape index (κ2) is 7.95. The van der Waals surface area contributed by atoms with Gasteiger partial charge in [0.25, 0.3) is 5.91 Å². The minimum Gasteiger partial charge on any atom is -0.382 e. The standard InChI is InChI=1S/C15H24N4O2/c1-19(2)6-5-17-13-8-12(9-16-10-13)15(20)18-11-14-4-3-7-21-14/h8-10,14,17H,3-7,11H2,1-2H3,(H,18,20). The first kappa shape index (κ1) is 15.7. The van der Waals surface area contributed by atoms with Crippen molar-refractivity contribution in [3.63, 3.8) is 0 Å². The van der Waals surface area contributed by atoms with Crippen LogP contribution in [0.1, 0.15) is 23.2 Å². The lowest BCUT2D eigenvalue weighted by Gasteiger charge is -2.13. The highest BCUT2D eigenvalue weighted by Gasteiger charge is 2.16. The van der Waals surface area contributed by atoms with Gasteiger partial charge in [0.2, 0.25) is 0 Å². The lowest BCUT2D eigenvalue weighted by Crippen LogP contribution is -2.31. The van der Waals surface area contributed by atoms with Crippen LogP contribution in [-0.4, -0.2) is 62.2 Å². The van der Waals surface area contributed by atoms with Crippen LogP contribution in [0.25, 0.3) is 0 Å². The fourth-order valence-electron chi connectivity index (χ4n) is 2.20. The molecule has 1 aromatic heterocycles. The number of aromatic nitrogens is 1. The third-order valence-electron chi connectivity index (χ3n) is 3.40. The molecule has 0 aliphatic carbocycles. The predicted octanol–water partition coefficient (Wildman–Crippen LogP) is 0.964. The summed E-state index contributed by atoms with van der Waals surface area (Å²) in [6.45, 7) is 3.11. The Balaban J connectivity index is 1.82. The number of carbonyl (C=O) groups is 1. The number of hydrogen-bond donors (Lipinski definition) is 2. The molecule has 6 nitrogen and oxygen atoms in total. The number of amides is 1. The average molecular weight is 292 g/mol. The summed E-state index contributed by atoms with van der Waals surface area (Å²) in [5.74, 6) is -0.103. The maximum atomic E-state index is 12.1. The van der Waals surface area contributed by atoms with Gasteiger partial charge in [0.1, 0.15) is 0 Å². The second-order valence-corrected chi connectivity index (χ2v) is 5.54. The quantitative estimate of drug-likeness (QED) is 0.784. The summed E-state index contributed by atoms with van der Waals surface area (Å²) < 4.78 is 5.49. The van der Waals surface area contributed by atoms with E-state index in [1.807, 2.05) is 20.2 Å². The van der Waals surface area contributed by atoms with Crippen LogP contribution < -0.4 is 10.6 Å². The number of hydrogen-bond acceptors (Lipinski definition) is 5. The zero-order valence-corrected chi connectivity index (χ0v) is 12.8. The van der Waals surface area contributed by atoms with Gasteiger partial charge in [-0.2, -0.15) is 0 Å². The van der Waals surface area contributed by atoms with Gasteiger partial charge in [0.15, 0.2) is 0 Å². The molecule has 21 heavy (non-hydrogen) atoms. The highest BCUT2D eigenvalue weighted by atomic mass is 16.5. The fourth-order valence-corrected chi connectivity index (χ4v) is 2.20. The molecule has 0 bridgehead atoms. The molecule has 2 rings (SSSR count). The van der Waals surface area contributed by atoms with Gasteiger partial charge in [0.05, 0.1) is 17.4 Å². The minimum atomic E-state index is -0.103. The van der Waals surface area contributed by atoms with Gasteiger partial charge >= 0.3 is 0 Å². The second-order valence-electron chi connectivity index (χ2n) is 5.54. The van der Waals surface area contributed by atoms with Crippen molar-refractivity contribution in [2.24, 2.45) is 0 Å². The first-order valence-corrected chi connectivity index (χ1v) is 7.38. The van der Waals surface area contributed by atoms with Crippen LogP contribution >= 0.6 is 0 Å². The molecule has 1 fully saturated rings. The van der Waals surface area contributed by atoms with E-state index in [0.29, 0.717) is 12.1 Å². The van der Waals surface area contributed by atoms with Crippen molar-refractivity contribution >= 4 is 11.6 Å². The van der Waals surface area contributed by atoms with E-state index in [9.17, 15) is 4.79 Å². The molecule has 1 aliphatic rings. The van der Waals surface area contributed by atoms with Crippen molar-refractivity contribution < 1.29 is 9.53 Å². The van der Waals surface area contributed by atoms with Crippen LogP contribution in [0.5, 0.6) is 0 Å². The third kappa shape index (κ3) is 5.32. The Bertz CT molecular complexity index is 459. The van der Waals surface area contributed by atoms with E-state index in [2.05, 4.69) is 20.5 Å². The first-order valence-electron chi connectivity index (χ1n) is 7.38. The van der Waals surface area contributed by atoms with Gasteiger partial charge in [-0.1, -0.05) is 0 Å². The van der Waals surface area contributed by atoms with E-state index in [1.165, 1.54) is 0 Å². The Kier molecular flexibility index (Phi) is 5.95. The molecule has 1 atom stereocenters. The SMILES string of the molecule is CN(C)CCNc1cncc(C(=O)NCC2CCCO2)c1. The maximum absolute atomic E-state index is 12.1. The minimum absolute atomic E-state index is 0.103. The number of carbonyl (C=O) groups excluding carboxylic acids is 1. The van der Waals surface area contributed by atoms with E-state index < -0.39 is 0 Å².